The van der Waals surface area contributed by atoms with Gasteiger partial charge in [0.1, 0.15) is 5.75 Å². The molecular formula is C21H25NO3S. The highest BCUT2D eigenvalue weighted by Gasteiger charge is 2.35. The van der Waals surface area contributed by atoms with Crippen molar-refractivity contribution in [1.29, 1.82) is 0 Å². The Morgan fingerprint density at radius 2 is 1.54 bits per heavy atom. The van der Waals surface area contributed by atoms with E-state index in [2.05, 4.69) is 17.9 Å². The number of aryl methyl sites for hydroxylation is 1. The molecule has 26 heavy (non-hydrogen) atoms. The zero-order valence-corrected chi connectivity index (χ0v) is 16.1. The number of benzene rings is 2. The summed E-state index contributed by atoms with van der Waals surface area (Å²) in [5.74, 6) is 0.709. The van der Waals surface area contributed by atoms with Gasteiger partial charge in [-0.25, -0.2) is 8.42 Å². The second-order valence-electron chi connectivity index (χ2n) is 6.21. The second kappa shape index (κ2) is 8.34. The van der Waals surface area contributed by atoms with Crippen molar-refractivity contribution in [3.05, 3.63) is 85.0 Å². The first-order valence-electron chi connectivity index (χ1n) is 8.34. The van der Waals surface area contributed by atoms with Crippen LogP contribution >= 0.6 is 0 Å². The lowest BCUT2D eigenvalue weighted by molar-refractivity contribution is 0.396. The predicted molar refractivity (Wildman–Crippen MR) is 106 cm³/mol. The minimum absolute atomic E-state index is 0.231. The molecule has 5 heteroatoms. The van der Waals surface area contributed by atoms with Gasteiger partial charge in [-0.15, -0.1) is 13.2 Å². The summed E-state index contributed by atoms with van der Waals surface area (Å²) in [6, 6.07) is 14.1. The first kappa shape index (κ1) is 19.9. The fraction of sp³-hybridized carbons (Fsp3) is 0.238. The van der Waals surface area contributed by atoms with Gasteiger partial charge in [0, 0.05) is 0 Å². The van der Waals surface area contributed by atoms with Gasteiger partial charge in [0.15, 0.2) is 0 Å². The van der Waals surface area contributed by atoms with Crippen molar-refractivity contribution < 1.29 is 13.2 Å². The normalized spacial score (nSPS) is 11.8. The minimum atomic E-state index is -3.72. The summed E-state index contributed by atoms with van der Waals surface area (Å²) in [6.07, 6.45) is 4.28. The summed E-state index contributed by atoms with van der Waals surface area (Å²) in [6.45, 7) is 9.53. The zero-order valence-electron chi connectivity index (χ0n) is 15.2. The van der Waals surface area contributed by atoms with Crippen LogP contribution in [0.4, 0.5) is 0 Å². The van der Waals surface area contributed by atoms with Crippen molar-refractivity contribution in [2.24, 2.45) is 0 Å². The summed E-state index contributed by atoms with van der Waals surface area (Å²) in [4.78, 5) is 0.231. The lowest BCUT2D eigenvalue weighted by Crippen LogP contribution is -2.45. The highest BCUT2D eigenvalue weighted by molar-refractivity contribution is 7.89. The average Bonchev–Trinajstić information content (AvgIpc) is 2.62. The summed E-state index contributed by atoms with van der Waals surface area (Å²) in [7, 11) is -2.13. The molecule has 2 aromatic carbocycles. The van der Waals surface area contributed by atoms with E-state index in [0.29, 0.717) is 18.6 Å². The average molecular weight is 372 g/mol. The number of rotatable bonds is 9. The van der Waals surface area contributed by atoms with Crippen molar-refractivity contribution >= 4 is 10.0 Å². The SMILES string of the molecule is C=CCC(CC=C)(NS(=O)(=O)c1ccc(C)cc1)c1ccc(OC)cc1. The maximum atomic E-state index is 13.0. The molecular weight excluding hydrogens is 346 g/mol. The minimum Gasteiger partial charge on any atom is -0.497 e. The Kier molecular flexibility index (Phi) is 6.40. The fourth-order valence-electron chi connectivity index (χ4n) is 2.90. The number of nitrogens with one attached hydrogen (secondary N) is 1. The number of sulfonamides is 1. The lowest BCUT2D eigenvalue weighted by atomic mass is 9.84. The van der Waals surface area contributed by atoms with E-state index in [-0.39, 0.29) is 4.90 Å². The molecule has 0 unspecified atom stereocenters. The Balaban J connectivity index is 2.50. The predicted octanol–water partition coefficient (Wildman–Crippen LogP) is 4.33. The van der Waals surface area contributed by atoms with Crippen LogP contribution in [0.1, 0.15) is 24.0 Å². The van der Waals surface area contributed by atoms with Crippen molar-refractivity contribution in [1.82, 2.24) is 4.72 Å². The third-order valence-electron chi connectivity index (χ3n) is 4.29. The van der Waals surface area contributed by atoms with E-state index in [1.807, 2.05) is 31.2 Å². The highest BCUT2D eigenvalue weighted by Crippen LogP contribution is 2.33. The molecule has 0 radical (unpaired) electrons. The number of methoxy groups -OCH3 is 1. The van der Waals surface area contributed by atoms with Crippen molar-refractivity contribution in [3.63, 3.8) is 0 Å². The molecule has 0 spiro atoms. The van der Waals surface area contributed by atoms with Crippen LogP contribution in [-0.4, -0.2) is 15.5 Å². The quantitative estimate of drug-likeness (QED) is 0.668. The maximum Gasteiger partial charge on any atom is 0.241 e. The summed E-state index contributed by atoms with van der Waals surface area (Å²) < 4.78 is 34.1. The smallest absolute Gasteiger partial charge is 0.241 e. The molecule has 0 bridgehead atoms. The van der Waals surface area contributed by atoms with E-state index in [1.165, 1.54) is 0 Å². The first-order valence-corrected chi connectivity index (χ1v) is 9.82. The van der Waals surface area contributed by atoms with E-state index in [1.54, 1.807) is 43.5 Å². The molecule has 4 nitrogen and oxygen atoms in total. The fourth-order valence-corrected chi connectivity index (χ4v) is 4.31. The van der Waals surface area contributed by atoms with Crippen LogP contribution < -0.4 is 9.46 Å². The summed E-state index contributed by atoms with van der Waals surface area (Å²) in [5, 5.41) is 0. The van der Waals surface area contributed by atoms with Gasteiger partial charge in [-0.3, -0.25) is 0 Å². The molecule has 0 amide bonds. The largest absolute Gasteiger partial charge is 0.497 e. The molecule has 0 aliphatic carbocycles. The molecule has 0 saturated heterocycles. The van der Waals surface area contributed by atoms with Crippen LogP contribution in [0.3, 0.4) is 0 Å². The first-order chi connectivity index (χ1) is 12.4. The zero-order chi connectivity index (χ0) is 19.2. The van der Waals surface area contributed by atoms with E-state index in [4.69, 9.17) is 4.74 Å². The molecule has 2 aromatic rings. The van der Waals surface area contributed by atoms with Gasteiger partial charge in [-0.05, 0) is 49.6 Å². The second-order valence-corrected chi connectivity index (χ2v) is 7.90. The molecule has 0 atom stereocenters. The van der Waals surface area contributed by atoms with Gasteiger partial charge in [0.25, 0.3) is 0 Å². The van der Waals surface area contributed by atoms with Crippen LogP contribution in [0.15, 0.2) is 78.7 Å². The van der Waals surface area contributed by atoms with Gasteiger partial charge in [0.05, 0.1) is 17.5 Å². The van der Waals surface area contributed by atoms with Gasteiger partial charge in [-0.1, -0.05) is 42.0 Å². The van der Waals surface area contributed by atoms with Crippen LogP contribution in [-0.2, 0) is 15.6 Å². The van der Waals surface area contributed by atoms with Crippen LogP contribution in [0, 0.1) is 6.92 Å². The van der Waals surface area contributed by atoms with Gasteiger partial charge in [0.2, 0.25) is 10.0 Å². The Labute approximate surface area is 156 Å². The molecule has 0 aliphatic heterocycles. The molecule has 0 fully saturated rings. The Morgan fingerprint density at radius 3 is 2.00 bits per heavy atom. The molecule has 1 N–H and O–H groups in total. The molecule has 0 aromatic heterocycles. The van der Waals surface area contributed by atoms with Gasteiger partial charge in [-0.2, -0.15) is 4.72 Å². The van der Waals surface area contributed by atoms with Gasteiger partial charge < -0.3 is 4.74 Å². The number of hydrogen-bond donors (Lipinski definition) is 1. The number of hydrogen-bond acceptors (Lipinski definition) is 3. The van der Waals surface area contributed by atoms with E-state index in [9.17, 15) is 8.42 Å². The van der Waals surface area contributed by atoms with Crippen molar-refractivity contribution in [2.75, 3.05) is 7.11 Å². The lowest BCUT2D eigenvalue weighted by Gasteiger charge is -2.33. The molecule has 0 aliphatic rings. The molecule has 0 saturated carbocycles. The topological polar surface area (TPSA) is 55.4 Å². The van der Waals surface area contributed by atoms with E-state index < -0.39 is 15.6 Å². The monoisotopic (exact) mass is 371 g/mol. The third kappa shape index (κ3) is 4.42. The summed E-state index contributed by atoms with van der Waals surface area (Å²) >= 11 is 0. The third-order valence-corrected chi connectivity index (χ3v) is 5.84. The number of ether oxygens (including phenoxy) is 1. The van der Waals surface area contributed by atoms with E-state index >= 15 is 0 Å². The Bertz CT molecular complexity index is 843. The Hall–Kier alpha value is -2.37. The van der Waals surface area contributed by atoms with Crippen LogP contribution in [0.25, 0.3) is 0 Å². The molecule has 0 heterocycles. The highest BCUT2D eigenvalue weighted by atomic mass is 32.2. The van der Waals surface area contributed by atoms with Crippen molar-refractivity contribution in [3.8, 4) is 5.75 Å². The molecule has 2 rings (SSSR count). The standard InChI is InChI=1S/C21H25NO3S/c1-5-15-21(16-6-2,18-9-11-19(25-4)12-10-18)22-26(23,24)20-13-7-17(3)8-14-20/h5-14,22H,1-2,15-16H2,3-4H3. The maximum absolute atomic E-state index is 13.0. The molecule has 138 valence electrons. The Morgan fingerprint density at radius 1 is 1.00 bits per heavy atom. The summed E-state index contributed by atoms with van der Waals surface area (Å²) in [5.41, 5.74) is 0.968. The van der Waals surface area contributed by atoms with Gasteiger partial charge >= 0.3 is 0 Å². The van der Waals surface area contributed by atoms with Crippen LogP contribution in [0.2, 0.25) is 0 Å². The van der Waals surface area contributed by atoms with Crippen LogP contribution in [0.5, 0.6) is 5.75 Å². The van der Waals surface area contributed by atoms with Crippen molar-refractivity contribution in [2.45, 2.75) is 30.2 Å². The van der Waals surface area contributed by atoms with E-state index in [0.717, 1.165) is 11.1 Å².